The zero-order chi connectivity index (χ0) is 16.1. The molecule has 0 aliphatic carbocycles. The van der Waals surface area contributed by atoms with Crippen LogP contribution in [-0.4, -0.2) is 38.5 Å². The summed E-state index contributed by atoms with van der Waals surface area (Å²) in [5.74, 6) is -0.222. The Morgan fingerprint density at radius 2 is 2.04 bits per heavy atom. The Kier molecular flexibility index (Phi) is 4.86. The van der Waals surface area contributed by atoms with Crippen LogP contribution >= 0.6 is 0 Å². The van der Waals surface area contributed by atoms with E-state index in [4.69, 9.17) is 0 Å². The number of carbonyl (C=O) groups excluding carboxylic acids is 1. The lowest BCUT2D eigenvalue weighted by atomic mass is 9.96. The fourth-order valence-electron chi connectivity index (χ4n) is 3.13. The summed E-state index contributed by atoms with van der Waals surface area (Å²) in [6.45, 7) is 0.724. The Balaban J connectivity index is 1.71. The molecule has 1 saturated heterocycles. The molecule has 1 aliphatic rings. The number of amides is 1. The first-order valence-electron chi connectivity index (χ1n) is 8.10. The Hall–Kier alpha value is -2.43. The maximum absolute atomic E-state index is 12.7. The van der Waals surface area contributed by atoms with Crippen molar-refractivity contribution in [2.24, 2.45) is 0 Å². The molecule has 5 nitrogen and oxygen atoms in total. The van der Waals surface area contributed by atoms with Gasteiger partial charge in [0.15, 0.2) is 5.69 Å². The Morgan fingerprint density at radius 1 is 1.17 bits per heavy atom. The molecular formula is C18H21N3O2. The number of carbonyl (C=O) groups is 1. The van der Waals surface area contributed by atoms with Crippen molar-refractivity contribution in [1.29, 1.82) is 0 Å². The Bertz CT molecular complexity index is 660. The Morgan fingerprint density at radius 3 is 2.83 bits per heavy atom. The van der Waals surface area contributed by atoms with Gasteiger partial charge in [0.25, 0.3) is 5.91 Å². The average molecular weight is 311 g/mol. The zero-order valence-electron chi connectivity index (χ0n) is 13.1. The summed E-state index contributed by atoms with van der Waals surface area (Å²) in [5, 5.41) is 9.89. The van der Waals surface area contributed by atoms with Gasteiger partial charge in [-0.2, -0.15) is 0 Å². The van der Waals surface area contributed by atoms with E-state index in [0.717, 1.165) is 44.3 Å². The largest absolute Gasteiger partial charge is 0.505 e. The van der Waals surface area contributed by atoms with Crippen LogP contribution in [0.25, 0.3) is 0 Å². The lowest BCUT2D eigenvalue weighted by molar-refractivity contribution is 0.0592. The molecule has 120 valence electrons. The second-order valence-corrected chi connectivity index (χ2v) is 5.88. The van der Waals surface area contributed by atoms with Crippen LogP contribution in [0.4, 0.5) is 0 Å². The van der Waals surface area contributed by atoms with Gasteiger partial charge in [0, 0.05) is 30.7 Å². The molecule has 0 aromatic carbocycles. The lowest BCUT2D eigenvalue weighted by Gasteiger charge is -2.35. The molecular weight excluding hydrogens is 290 g/mol. The predicted octanol–water partition coefficient (Wildman–Crippen LogP) is 2.81. The van der Waals surface area contributed by atoms with Crippen molar-refractivity contribution < 1.29 is 9.90 Å². The van der Waals surface area contributed by atoms with Crippen LogP contribution in [0.15, 0.2) is 42.7 Å². The molecule has 1 amide bonds. The third-order valence-electron chi connectivity index (χ3n) is 4.34. The van der Waals surface area contributed by atoms with E-state index in [0.29, 0.717) is 0 Å². The van der Waals surface area contributed by atoms with Gasteiger partial charge < -0.3 is 10.0 Å². The first-order chi connectivity index (χ1) is 11.3. The summed E-state index contributed by atoms with van der Waals surface area (Å²) >= 11 is 0. The lowest BCUT2D eigenvalue weighted by Crippen LogP contribution is -2.44. The standard InChI is InChI=1S/C18H21N3O2/c22-16-8-5-12-20-17(16)18(23)21-13-4-2-7-15(21)10-9-14-6-1-3-11-19-14/h1,3,5-6,8,11-12,15,22H,2,4,7,9-10,13H2/t15-/m0/s1. The van der Waals surface area contributed by atoms with E-state index in [1.807, 2.05) is 23.1 Å². The Labute approximate surface area is 136 Å². The fraction of sp³-hybridized carbons (Fsp3) is 0.389. The molecule has 2 aromatic rings. The maximum Gasteiger partial charge on any atom is 0.276 e. The highest BCUT2D eigenvalue weighted by molar-refractivity contribution is 5.95. The van der Waals surface area contributed by atoms with Gasteiger partial charge in [-0.25, -0.2) is 4.98 Å². The van der Waals surface area contributed by atoms with E-state index in [2.05, 4.69) is 9.97 Å². The monoisotopic (exact) mass is 311 g/mol. The SMILES string of the molecule is O=C(c1ncccc1O)N1CCCC[C@H]1CCc1ccccn1. The molecule has 1 N–H and O–H groups in total. The maximum atomic E-state index is 12.7. The summed E-state index contributed by atoms with van der Waals surface area (Å²) in [7, 11) is 0. The molecule has 1 fully saturated rings. The van der Waals surface area contributed by atoms with E-state index in [1.165, 1.54) is 6.07 Å². The van der Waals surface area contributed by atoms with Gasteiger partial charge >= 0.3 is 0 Å². The smallest absolute Gasteiger partial charge is 0.276 e. The van der Waals surface area contributed by atoms with Crippen molar-refractivity contribution >= 4 is 5.91 Å². The summed E-state index contributed by atoms with van der Waals surface area (Å²) in [4.78, 5) is 23.0. The van der Waals surface area contributed by atoms with Crippen LogP contribution in [0.2, 0.25) is 0 Å². The van der Waals surface area contributed by atoms with E-state index in [-0.39, 0.29) is 23.4 Å². The van der Waals surface area contributed by atoms with Crippen LogP contribution in [0.1, 0.15) is 41.9 Å². The second kappa shape index (κ2) is 7.22. The van der Waals surface area contributed by atoms with Gasteiger partial charge in [-0.05, 0) is 56.4 Å². The first-order valence-corrected chi connectivity index (χ1v) is 8.10. The van der Waals surface area contributed by atoms with E-state index >= 15 is 0 Å². The molecule has 3 heterocycles. The quantitative estimate of drug-likeness (QED) is 0.943. The molecule has 3 rings (SSSR count). The van der Waals surface area contributed by atoms with Crippen molar-refractivity contribution in [2.75, 3.05) is 6.54 Å². The molecule has 0 unspecified atom stereocenters. The molecule has 0 spiro atoms. The van der Waals surface area contributed by atoms with Gasteiger partial charge in [0.05, 0.1) is 0 Å². The van der Waals surface area contributed by atoms with E-state index in [1.54, 1.807) is 18.5 Å². The molecule has 1 aliphatic heterocycles. The van der Waals surface area contributed by atoms with E-state index < -0.39 is 0 Å². The highest BCUT2D eigenvalue weighted by atomic mass is 16.3. The normalized spacial score (nSPS) is 17.9. The molecule has 0 radical (unpaired) electrons. The number of nitrogens with zero attached hydrogens (tertiary/aromatic N) is 3. The minimum absolute atomic E-state index is 0.0495. The van der Waals surface area contributed by atoms with Gasteiger partial charge in [0.1, 0.15) is 5.75 Å². The van der Waals surface area contributed by atoms with Crippen LogP contribution in [0, 0.1) is 0 Å². The highest BCUT2D eigenvalue weighted by Gasteiger charge is 2.29. The molecule has 23 heavy (non-hydrogen) atoms. The van der Waals surface area contributed by atoms with Crippen LogP contribution in [0.5, 0.6) is 5.75 Å². The summed E-state index contributed by atoms with van der Waals surface area (Å²) < 4.78 is 0. The number of hydrogen-bond donors (Lipinski definition) is 1. The average Bonchev–Trinajstić information content (AvgIpc) is 2.61. The first kappa shape index (κ1) is 15.5. The fourth-order valence-corrected chi connectivity index (χ4v) is 3.13. The number of aryl methyl sites for hydroxylation is 1. The van der Waals surface area contributed by atoms with Crippen molar-refractivity contribution in [3.63, 3.8) is 0 Å². The number of aromatic nitrogens is 2. The number of piperidine rings is 1. The highest BCUT2D eigenvalue weighted by Crippen LogP contribution is 2.25. The second-order valence-electron chi connectivity index (χ2n) is 5.88. The van der Waals surface area contributed by atoms with Crippen molar-refractivity contribution in [3.05, 3.63) is 54.1 Å². The minimum Gasteiger partial charge on any atom is -0.505 e. The predicted molar refractivity (Wildman–Crippen MR) is 87.1 cm³/mol. The molecule has 2 aromatic heterocycles. The molecule has 1 atom stereocenters. The van der Waals surface area contributed by atoms with Crippen LogP contribution in [0.3, 0.4) is 0 Å². The molecule has 5 heteroatoms. The van der Waals surface area contributed by atoms with Gasteiger partial charge in [0.2, 0.25) is 0 Å². The minimum atomic E-state index is -0.172. The molecule has 0 bridgehead atoms. The van der Waals surface area contributed by atoms with Crippen LogP contribution in [-0.2, 0) is 6.42 Å². The van der Waals surface area contributed by atoms with Crippen molar-refractivity contribution in [2.45, 2.75) is 38.1 Å². The number of rotatable bonds is 4. The van der Waals surface area contributed by atoms with Crippen LogP contribution < -0.4 is 0 Å². The number of pyridine rings is 2. The van der Waals surface area contributed by atoms with Gasteiger partial charge in [-0.3, -0.25) is 9.78 Å². The van der Waals surface area contributed by atoms with E-state index in [9.17, 15) is 9.90 Å². The number of aromatic hydroxyl groups is 1. The van der Waals surface area contributed by atoms with Crippen molar-refractivity contribution in [3.8, 4) is 5.75 Å². The van der Waals surface area contributed by atoms with Crippen molar-refractivity contribution in [1.82, 2.24) is 14.9 Å². The molecule has 0 saturated carbocycles. The summed E-state index contributed by atoms with van der Waals surface area (Å²) in [6.07, 6.45) is 8.20. The number of hydrogen-bond acceptors (Lipinski definition) is 4. The van der Waals surface area contributed by atoms with Gasteiger partial charge in [-0.1, -0.05) is 6.07 Å². The topological polar surface area (TPSA) is 66.3 Å². The summed E-state index contributed by atoms with van der Waals surface area (Å²) in [5.41, 5.74) is 1.20. The number of likely N-dealkylation sites (tertiary alicyclic amines) is 1. The summed E-state index contributed by atoms with van der Waals surface area (Å²) in [6, 6.07) is 9.22. The third kappa shape index (κ3) is 3.67. The zero-order valence-corrected chi connectivity index (χ0v) is 13.1. The van der Waals surface area contributed by atoms with Gasteiger partial charge in [-0.15, -0.1) is 0 Å². The third-order valence-corrected chi connectivity index (χ3v) is 4.34.